The number of benzene rings is 1. The van der Waals surface area contributed by atoms with Crippen LogP contribution in [0.5, 0.6) is 0 Å². The van der Waals surface area contributed by atoms with Crippen LogP contribution in [0.2, 0.25) is 0 Å². The first kappa shape index (κ1) is 15.9. The van der Waals surface area contributed by atoms with Crippen molar-refractivity contribution in [1.29, 1.82) is 0 Å². The van der Waals surface area contributed by atoms with Crippen LogP contribution in [-0.4, -0.2) is 25.5 Å². The SMILES string of the molecule is CCC(N)(CC)CNS(=O)(=O)c1cccc2cccnc12. The van der Waals surface area contributed by atoms with E-state index in [-0.39, 0.29) is 11.4 Å². The summed E-state index contributed by atoms with van der Waals surface area (Å²) in [6.45, 7) is 4.13. The topological polar surface area (TPSA) is 85.1 Å². The van der Waals surface area contributed by atoms with Crippen LogP contribution in [0.1, 0.15) is 26.7 Å². The zero-order valence-electron chi connectivity index (χ0n) is 12.3. The summed E-state index contributed by atoms with van der Waals surface area (Å²) in [6.07, 6.45) is 3.01. The molecule has 1 aromatic heterocycles. The highest BCUT2D eigenvalue weighted by atomic mass is 32.2. The van der Waals surface area contributed by atoms with Gasteiger partial charge in [-0.15, -0.1) is 0 Å². The third-order valence-corrected chi connectivity index (χ3v) is 5.34. The number of nitrogens with two attached hydrogens (primary N) is 1. The van der Waals surface area contributed by atoms with Gasteiger partial charge in [-0.05, 0) is 25.0 Å². The molecule has 6 heteroatoms. The summed E-state index contributed by atoms with van der Waals surface area (Å²) < 4.78 is 27.7. The second-order valence-electron chi connectivity index (χ2n) is 5.23. The Bertz CT molecular complexity index is 719. The van der Waals surface area contributed by atoms with Gasteiger partial charge in [0.1, 0.15) is 4.90 Å². The molecule has 0 radical (unpaired) electrons. The maximum absolute atomic E-state index is 12.5. The number of nitrogens with zero attached hydrogens (tertiary/aromatic N) is 1. The van der Waals surface area contributed by atoms with Gasteiger partial charge in [0.05, 0.1) is 5.52 Å². The van der Waals surface area contributed by atoms with Crippen molar-refractivity contribution in [2.75, 3.05) is 6.54 Å². The van der Waals surface area contributed by atoms with Gasteiger partial charge in [-0.2, -0.15) is 0 Å². The summed E-state index contributed by atoms with van der Waals surface area (Å²) in [5.41, 5.74) is 6.10. The van der Waals surface area contributed by atoms with Crippen molar-refractivity contribution in [1.82, 2.24) is 9.71 Å². The highest BCUT2D eigenvalue weighted by Crippen LogP contribution is 2.21. The van der Waals surface area contributed by atoms with E-state index in [2.05, 4.69) is 9.71 Å². The Hall–Kier alpha value is -1.50. The smallest absolute Gasteiger partial charge is 0.242 e. The lowest BCUT2D eigenvalue weighted by Gasteiger charge is -2.26. The van der Waals surface area contributed by atoms with Crippen molar-refractivity contribution in [3.05, 3.63) is 36.5 Å². The predicted octanol–water partition coefficient (Wildman–Crippen LogP) is 2.03. The van der Waals surface area contributed by atoms with Gasteiger partial charge in [-0.25, -0.2) is 13.1 Å². The molecule has 0 saturated heterocycles. The van der Waals surface area contributed by atoms with E-state index in [1.165, 1.54) is 0 Å². The van der Waals surface area contributed by atoms with Crippen LogP contribution in [-0.2, 0) is 10.0 Å². The number of sulfonamides is 1. The number of para-hydroxylation sites is 1. The first-order chi connectivity index (χ1) is 9.92. The van der Waals surface area contributed by atoms with Gasteiger partial charge in [0.2, 0.25) is 10.0 Å². The predicted molar refractivity (Wildman–Crippen MR) is 84.4 cm³/mol. The molecule has 0 aliphatic carbocycles. The van der Waals surface area contributed by atoms with Crippen LogP contribution in [0, 0.1) is 0 Å². The van der Waals surface area contributed by atoms with Crippen molar-refractivity contribution in [3.63, 3.8) is 0 Å². The van der Waals surface area contributed by atoms with E-state index in [0.717, 1.165) is 5.39 Å². The summed E-state index contributed by atoms with van der Waals surface area (Å²) in [6, 6.07) is 8.74. The van der Waals surface area contributed by atoms with Crippen LogP contribution < -0.4 is 10.5 Å². The standard InChI is InChI=1S/C15H21N3O2S/c1-3-15(16,4-2)11-18-21(19,20)13-9-5-7-12-8-6-10-17-14(12)13/h5-10,18H,3-4,11,16H2,1-2H3. The zero-order chi connectivity index (χ0) is 15.5. The lowest BCUT2D eigenvalue weighted by molar-refractivity contribution is 0.392. The molecule has 21 heavy (non-hydrogen) atoms. The molecule has 1 heterocycles. The van der Waals surface area contributed by atoms with E-state index >= 15 is 0 Å². The molecule has 0 saturated carbocycles. The fourth-order valence-electron chi connectivity index (χ4n) is 2.11. The number of pyridine rings is 1. The highest BCUT2D eigenvalue weighted by molar-refractivity contribution is 7.89. The lowest BCUT2D eigenvalue weighted by atomic mass is 9.95. The summed E-state index contributed by atoms with van der Waals surface area (Å²) in [5, 5.41) is 0.797. The van der Waals surface area contributed by atoms with E-state index in [1.54, 1.807) is 24.4 Å². The number of fused-ring (bicyclic) bond motifs is 1. The van der Waals surface area contributed by atoms with Crippen LogP contribution in [0.15, 0.2) is 41.4 Å². The number of nitrogens with one attached hydrogen (secondary N) is 1. The van der Waals surface area contributed by atoms with Gasteiger partial charge in [0.15, 0.2) is 0 Å². The minimum atomic E-state index is -3.63. The molecule has 0 atom stereocenters. The normalized spacial score (nSPS) is 12.7. The molecule has 3 N–H and O–H groups in total. The zero-order valence-corrected chi connectivity index (χ0v) is 13.2. The highest BCUT2D eigenvalue weighted by Gasteiger charge is 2.25. The average molecular weight is 307 g/mol. The minimum absolute atomic E-state index is 0.190. The summed E-state index contributed by atoms with van der Waals surface area (Å²) in [4.78, 5) is 4.37. The Balaban J connectivity index is 2.35. The molecular formula is C15H21N3O2S. The largest absolute Gasteiger partial charge is 0.324 e. The molecule has 5 nitrogen and oxygen atoms in total. The first-order valence-electron chi connectivity index (χ1n) is 7.04. The van der Waals surface area contributed by atoms with Gasteiger partial charge in [-0.3, -0.25) is 4.98 Å². The Kier molecular flexibility index (Phi) is 4.61. The Morgan fingerprint density at radius 1 is 1.19 bits per heavy atom. The van der Waals surface area contributed by atoms with Crippen molar-refractivity contribution >= 4 is 20.9 Å². The monoisotopic (exact) mass is 307 g/mol. The third kappa shape index (κ3) is 3.40. The van der Waals surface area contributed by atoms with E-state index in [9.17, 15) is 8.42 Å². The van der Waals surface area contributed by atoms with E-state index in [4.69, 9.17) is 5.73 Å². The Labute approximate surface area is 125 Å². The van der Waals surface area contributed by atoms with Crippen molar-refractivity contribution in [2.45, 2.75) is 37.1 Å². The van der Waals surface area contributed by atoms with Gasteiger partial charge in [0.25, 0.3) is 0 Å². The average Bonchev–Trinajstić information content (AvgIpc) is 2.52. The molecule has 0 aliphatic heterocycles. The molecule has 1 aromatic carbocycles. The quantitative estimate of drug-likeness (QED) is 0.855. The molecule has 0 fully saturated rings. The first-order valence-corrected chi connectivity index (χ1v) is 8.52. The van der Waals surface area contributed by atoms with Crippen molar-refractivity contribution in [3.8, 4) is 0 Å². The van der Waals surface area contributed by atoms with Crippen molar-refractivity contribution in [2.24, 2.45) is 5.73 Å². The van der Waals surface area contributed by atoms with Crippen LogP contribution in [0.3, 0.4) is 0 Å². The van der Waals surface area contributed by atoms with E-state index in [1.807, 2.05) is 26.0 Å². The fourth-order valence-corrected chi connectivity index (χ4v) is 3.43. The molecule has 114 valence electrons. The molecule has 2 rings (SSSR count). The lowest BCUT2D eigenvalue weighted by Crippen LogP contribution is -2.49. The molecule has 2 aromatic rings. The summed E-state index contributed by atoms with van der Waals surface area (Å²) >= 11 is 0. The van der Waals surface area contributed by atoms with Crippen LogP contribution in [0.4, 0.5) is 0 Å². The van der Waals surface area contributed by atoms with Crippen molar-refractivity contribution < 1.29 is 8.42 Å². The van der Waals surface area contributed by atoms with E-state index < -0.39 is 15.6 Å². The fraction of sp³-hybridized carbons (Fsp3) is 0.400. The van der Waals surface area contributed by atoms with Gasteiger partial charge in [-0.1, -0.05) is 32.0 Å². The minimum Gasteiger partial charge on any atom is -0.324 e. The van der Waals surface area contributed by atoms with Crippen LogP contribution >= 0.6 is 0 Å². The second kappa shape index (κ2) is 6.09. The molecule has 0 amide bonds. The molecule has 0 spiro atoms. The number of aromatic nitrogens is 1. The number of hydrogen-bond donors (Lipinski definition) is 2. The number of hydrogen-bond acceptors (Lipinski definition) is 4. The maximum Gasteiger partial charge on any atom is 0.242 e. The number of rotatable bonds is 6. The molecule has 0 bridgehead atoms. The Morgan fingerprint density at radius 2 is 1.86 bits per heavy atom. The molecular weight excluding hydrogens is 286 g/mol. The second-order valence-corrected chi connectivity index (χ2v) is 6.96. The van der Waals surface area contributed by atoms with Gasteiger partial charge >= 0.3 is 0 Å². The van der Waals surface area contributed by atoms with Crippen LogP contribution in [0.25, 0.3) is 10.9 Å². The third-order valence-electron chi connectivity index (χ3n) is 3.91. The molecule has 0 aliphatic rings. The summed E-state index contributed by atoms with van der Waals surface area (Å²) in [7, 11) is -3.63. The van der Waals surface area contributed by atoms with E-state index in [0.29, 0.717) is 18.4 Å². The van der Waals surface area contributed by atoms with Gasteiger partial charge < -0.3 is 5.73 Å². The van der Waals surface area contributed by atoms with Gasteiger partial charge in [0, 0.05) is 23.7 Å². The maximum atomic E-state index is 12.5. The summed E-state index contributed by atoms with van der Waals surface area (Å²) in [5.74, 6) is 0. The molecule has 0 unspecified atom stereocenters. The Morgan fingerprint density at radius 3 is 2.52 bits per heavy atom.